The molecule has 0 atom stereocenters. The Morgan fingerprint density at radius 1 is 1.25 bits per heavy atom. The van der Waals surface area contributed by atoms with Crippen LogP contribution in [0.5, 0.6) is 0 Å². The number of hydrogen-bond donors (Lipinski definition) is 0. The minimum Gasteiger partial charge on any atom is -0.222 e. The van der Waals surface area contributed by atoms with E-state index in [0.717, 1.165) is 16.3 Å². The molecule has 0 amide bonds. The first-order valence-corrected chi connectivity index (χ1v) is 6.31. The highest BCUT2D eigenvalue weighted by atomic mass is 35.5. The Morgan fingerprint density at radius 3 is 2.56 bits per heavy atom. The third kappa shape index (κ3) is 2.42. The Hall–Kier alpha value is -0.930. The molecule has 0 radical (unpaired) electrons. The molecule has 2 nitrogen and oxygen atoms in total. The number of halogens is 1. The van der Waals surface area contributed by atoms with E-state index < -0.39 is 0 Å². The lowest BCUT2D eigenvalue weighted by molar-refractivity contribution is 0.567. The highest BCUT2D eigenvalue weighted by molar-refractivity contribution is 7.13. The fourth-order valence-corrected chi connectivity index (χ4v) is 2.22. The number of aromatic nitrogens is 2. The van der Waals surface area contributed by atoms with E-state index in [1.165, 1.54) is 0 Å². The minimum absolute atomic E-state index is 0.0153. The third-order valence-corrected chi connectivity index (χ3v) is 3.30. The van der Waals surface area contributed by atoms with Crippen molar-refractivity contribution < 1.29 is 0 Å². The summed E-state index contributed by atoms with van der Waals surface area (Å²) in [6.45, 7) is 6.34. The maximum Gasteiger partial charge on any atom is 0.223 e. The predicted octanol–water partition coefficient (Wildman–Crippen LogP) is 4.16. The summed E-state index contributed by atoms with van der Waals surface area (Å²) in [5.41, 5.74) is 1.86. The topological polar surface area (TPSA) is 25.8 Å². The van der Waals surface area contributed by atoms with Gasteiger partial charge < -0.3 is 0 Å². The summed E-state index contributed by atoms with van der Waals surface area (Å²) in [6, 6.07) is 6.06. The molecule has 0 aliphatic rings. The average molecular weight is 253 g/mol. The first kappa shape index (κ1) is 11.6. The lowest BCUT2D eigenvalue weighted by atomic mass is 9.91. The van der Waals surface area contributed by atoms with Crippen molar-refractivity contribution in [2.45, 2.75) is 26.2 Å². The second-order valence-electron chi connectivity index (χ2n) is 4.63. The van der Waals surface area contributed by atoms with Crippen molar-refractivity contribution in [1.82, 2.24) is 9.97 Å². The van der Waals surface area contributed by atoms with E-state index >= 15 is 0 Å². The Bertz CT molecular complexity index is 486. The van der Waals surface area contributed by atoms with Gasteiger partial charge in [-0.1, -0.05) is 26.8 Å². The Balaban J connectivity index is 2.53. The maximum absolute atomic E-state index is 5.96. The molecular formula is C12H13ClN2S. The SMILES string of the molecule is CC(C)(C)c1cc(-c2cccs2)nc(Cl)n1. The molecule has 0 saturated heterocycles. The van der Waals surface area contributed by atoms with Gasteiger partial charge in [0.25, 0.3) is 0 Å². The first-order valence-electron chi connectivity index (χ1n) is 5.06. The van der Waals surface area contributed by atoms with Crippen LogP contribution in [0.4, 0.5) is 0 Å². The zero-order valence-electron chi connectivity index (χ0n) is 9.49. The van der Waals surface area contributed by atoms with Crippen molar-refractivity contribution >= 4 is 22.9 Å². The number of thiophene rings is 1. The zero-order chi connectivity index (χ0) is 11.8. The van der Waals surface area contributed by atoms with Gasteiger partial charge in [0.15, 0.2) is 0 Å². The molecule has 16 heavy (non-hydrogen) atoms. The molecule has 2 rings (SSSR count). The molecule has 0 aliphatic carbocycles. The molecule has 2 aromatic rings. The summed E-state index contributed by atoms with van der Waals surface area (Å²) >= 11 is 7.61. The summed E-state index contributed by atoms with van der Waals surface area (Å²) in [7, 11) is 0. The molecule has 0 saturated carbocycles. The number of nitrogens with zero attached hydrogens (tertiary/aromatic N) is 2. The van der Waals surface area contributed by atoms with Crippen molar-refractivity contribution in [2.24, 2.45) is 0 Å². The molecular weight excluding hydrogens is 240 g/mol. The summed E-state index contributed by atoms with van der Waals surface area (Å²) in [5, 5.41) is 2.35. The van der Waals surface area contributed by atoms with Crippen LogP contribution in [0.2, 0.25) is 5.28 Å². The molecule has 0 bridgehead atoms. The first-order chi connectivity index (χ1) is 7.47. The molecule has 84 valence electrons. The molecule has 2 heterocycles. The lowest BCUT2D eigenvalue weighted by Crippen LogP contribution is -2.14. The molecule has 0 fully saturated rings. The van der Waals surface area contributed by atoms with Gasteiger partial charge in [-0.05, 0) is 29.1 Å². The van der Waals surface area contributed by atoms with Crippen LogP contribution in [0.15, 0.2) is 23.6 Å². The standard InChI is InChI=1S/C12H13ClN2S/c1-12(2,3)10-7-8(14-11(13)15-10)9-5-4-6-16-9/h4-7H,1-3H3. The normalized spacial score (nSPS) is 11.8. The summed E-state index contributed by atoms with van der Waals surface area (Å²) in [4.78, 5) is 9.65. The Labute approximate surface area is 104 Å². The van der Waals surface area contributed by atoms with Gasteiger partial charge in [0.05, 0.1) is 16.3 Å². The number of hydrogen-bond acceptors (Lipinski definition) is 3. The third-order valence-electron chi connectivity index (χ3n) is 2.24. The van der Waals surface area contributed by atoms with Gasteiger partial charge in [0.1, 0.15) is 0 Å². The molecule has 4 heteroatoms. The van der Waals surface area contributed by atoms with E-state index in [1.807, 2.05) is 23.6 Å². The summed E-state index contributed by atoms with van der Waals surface area (Å²) in [6.07, 6.45) is 0. The van der Waals surface area contributed by atoms with Gasteiger partial charge in [-0.15, -0.1) is 11.3 Å². The van der Waals surface area contributed by atoms with Gasteiger partial charge in [0.2, 0.25) is 5.28 Å². The molecule has 0 unspecified atom stereocenters. The minimum atomic E-state index is -0.0153. The average Bonchev–Trinajstić information content (AvgIpc) is 2.68. The fourth-order valence-electron chi connectivity index (χ4n) is 1.35. The van der Waals surface area contributed by atoms with Crippen LogP contribution >= 0.6 is 22.9 Å². The van der Waals surface area contributed by atoms with Crippen LogP contribution in [-0.2, 0) is 5.41 Å². The highest BCUT2D eigenvalue weighted by Gasteiger charge is 2.18. The molecule has 0 aromatic carbocycles. The number of rotatable bonds is 1. The highest BCUT2D eigenvalue weighted by Crippen LogP contribution is 2.28. The van der Waals surface area contributed by atoms with Crippen LogP contribution in [0.3, 0.4) is 0 Å². The monoisotopic (exact) mass is 252 g/mol. The second kappa shape index (κ2) is 4.15. The quantitative estimate of drug-likeness (QED) is 0.713. The summed E-state index contributed by atoms with van der Waals surface area (Å²) in [5.74, 6) is 0. The molecule has 0 aliphatic heterocycles. The van der Waals surface area contributed by atoms with Gasteiger partial charge in [0, 0.05) is 5.41 Å². The molecule has 2 aromatic heterocycles. The van der Waals surface area contributed by atoms with Crippen molar-refractivity contribution in [3.8, 4) is 10.6 Å². The second-order valence-corrected chi connectivity index (χ2v) is 5.92. The van der Waals surface area contributed by atoms with E-state index in [9.17, 15) is 0 Å². The lowest BCUT2D eigenvalue weighted by Gasteiger charge is -2.18. The van der Waals surface area contributed by atoms with E-state index in [1.54, 1.807) is 11.3 Å². The van der Waals surface area contributed by atoms with E-state index in [4.69, 9.17) is 11.6 Å². The van der Waals surface area contributed by atoms with Gasteiger partial charge >= 0.3 is 0 Å². The largest absolute Gasteiger partial charge is 0.223 e. The predicted molar refractivity (Wildman–Crippen MR) is 69.1 cm³/mol. The van der Waals surface area contributed by atoms with Crippen molar-refractivity contribution in [1.29, 1.82) is 0 Å². The van der Waals surface area contributed by atoms with E-state index in [-0.39, 0.29) is 5.41 Å². The van der Waals surface area contributed by atoms with Crippen molar-refractivity contribution in [3.05, 3.63) is 34.6 Å². The smallest absolute Gasteiger partial charge is 0.222 e. The van der Waals surface area contributed by atoms with Gasteiger partial charge in [-0.2, -0.15) is 0 Å². The van der Waals surface area contributed by atoms with Gasteiger partial charge in [-0.25, -0.2) is 9.97 Å². The molecule has 0 N–H and O–H groups in total. The summed E-state index contributed by atoms with van der Waals surface area (Å²) < 4.78 is 0. The van der Waals surface area contributed by atoms with E-state index in [0.29, 0.717) is 5.28 Å². The van der Waals surface area contributed by atoms with Crippen LogP contribution < -0.4 is 0 Å². The van der Waals surface area contributed by atoms with Gasteiger partial charge in [-0.3, -0.25) is 0 Å². The van der Waals surface area contributed by atoms with Crippen molar-refractivity contribution in [2.75, 3.05) is 0 Å². The van der Waals surface area contributed by atoms with Crippen LogP contribution in [0.1, 0.15) is 26.5 Å². The Morgan fingerprint density at radius 2 is 2.00 bits per heavy atom. The van der Waals surface area contributed by atoms with Crippen molar-refractivity contribution in [3.63, 3.8) is 0 Å². The maximum atomic E-state index is 5.96. The Kier molecular flexibility index (Phi) is 3.00. The van der Waals surface area contributed by atoms with E-state index in [2.05, 4.69) is 30.7 Å². The fraction of sp³-hybridized carbons (Fsp3) is 0.333. The van der Waals surface area contributed by atoms with Crippen LogP contribution in [0, 0.1) is 0 Å². The zero-order valence-corrected chi connectivity index (χ0v) is 11.1. The van der Waals surface area contributed by atoms with Crippen LogP contribution in [-0.4, -0.2) is 9.97 Å². The molecule has 0 spiro atoms. The van der Waals surface area contributed by atoms with Crippen LogP contribution in [0.25, 0.3) is 10.6 Å².